The van der Waals surface area contributed by atoms with E-state index in [2.05, 4.69) is 12.2 Å². The van der Waals surface area contributed by atoms with E-state index in [1.165, 1.54) is 5.56 Å². The molecule has 4 nitrogen and oxygen atoms in total. The molecule has 24 heavy (non-hydrogen) atoms. The Kier molecular flexibility index (Phi) is 6.67. The van der Waals surface area contributed by atoms with E-state index in [0.29, 0.717) is 17.9 Å². The number of benzene rings is 2. The average Bonchev–Trinajstić information content (AvgIpc) is 2.64. The zero-order chi connectivity index (χ0) is 17.4. The summed E-state index contributed by atoms with van der Waals surface area (Å²) >= 11 is 0. The van der Waals surface area contributed by atoms with E-state index in [0.717, 1.165) is 18.4 Å². The summed E-state index contributed by atoms with van der Waals surface area (Å²) in [5, 5.41) is 3.11. The fourth-order valence-electron chi connectivity index (χ4n) is 2.66. The number of carbonyl (C=O) groups is 1. The van der Waals surface area contributed by atoms with E-state index >= 15 is 0 Å². The van der Waals surface area contributed by atoms with Crippen LogP contribution >= 0.6 is 0 Å². The quantitative estimate of drug-likeness (QED) is 0.800. The van der Waals surface area contributed by atoms with E-state index < -0.39 is 0 Å². The van der Waals surface area contributed by atoms with E-state index in [1.807, 2.05) is 48.5 Å². The molecule has 0 aliphatic heterocycles. The molecule has 2 aromatic carbocycles. The van der Waals surface area contributed by atoms with E-state index in [9.17, 15) is 4.79 Å². The van der Waals surface area contributed by atoms with Crippen molar-refractivity contribution in [1.82, 2.24) is 5.32 Å². The first kappa shape index (κ1) is 17.9. The van der Waals surface area contributed by atoms with E-state index in [4.69, 9.17) is 9.47 Å². The average molecular weight is 327 g/mol. The zero-order valence-electron chi connectivity index (χ0n) is 14.5. The molecule has 0 saturated heterocycles. The SMILES string of the molecule is CCC(NC(=O)CCc1ccccc1)c1ccc(OC)c(OC)c1. The first-order valence-electron chi connectivity index (χ1n) is 8.23. The monoisotopic (exact) mass is 327 g/mol. The molecule has 1 atom stereocenters. The Hall–Kier alpha value is -2.49. The second kappa shape index (κ2) is 8.96. The van der Waals surface area contributed by atoms with Crippen molar-refractivity contribution in [2.24, 2.45) is 0 Å². The maximum atomic E-state index is 12.3. The van der Waals surface area contributed by atoms with Crippen LogP contribution in [0.3, 0.4) is 0 Å². The number of nitrogens with one attached hydrogen (secondary N) is 1. The molecule has 4 heteroatoms. The van der Waals surface area contributed by atoms with Crippen LogP contribution in [0.4, 0.5) is 0 Å². The Bertz CT molecular complexity index is 655. The molecule has 0 aromatic heterocycles. The van der Waals surface area contributed by atoms with Crippen molar-refractivity contribution in [3.05, 3.63) is 59.7 Å². The van der Waals surface area contributed by atoms with Gasteiger partial charge in [0, 0.05) is 6.42 Å². The lowest BCUT2D eigenvalue weighted by Gasteiger charge is -2.19. The minimum absolute atomic E-state index is 0.0342. The summed E-state index contributed by atoms with van der Waals surface area (Å²) in [7, 11) is 3.22. The number of aryl methyl sites for hydroxylation is 1. The molecule has 128 valence electrons. The molecule has 1 unspecified atom stereocenters. The summed E-state index contributed by atoms with van der Waals surface area (Å²) in [4.78, 5) is 12.3. The van der Waals surface area contributed by atoms with E-state index in [1.54, 1.807) is 14.2 Å². The normalized spacial score (nSPS) is 11.6. The van der Waals surface area contributed by atoms with Crippen molar-refractivity contribution in [1.29, 1.82) is 0 Å². The molecule has 0 aliphatic carbocycles. The highest BCUT2D eigenvalue weighted by molar-refractivity contribution is 5.76. The van der Waals surface area contributed by atoms with Gasteiger partial charge in [0.1, 0.15) is 0 Å². The highest BCUT2D eigenvalue weighted by Crippen LogP contribution is 2.30. The molecule has 2 rings (SSSR count). The van der Waals surface area contributed by atoms with Gasteiger partial charge in [-0.3, -0.25) is 4.79 Å². The van der Waals surface area contributed by atoms with Crippen molar-refractivity contribution < 1.29 is 14.3 Å². The maximum Gasteiger partial charge on any atom is 0.220 e. The van der Waals surface area contributed by atoms with Crippen LogP contribution in [-0.2, 0) is 11.2 Å². The summed E-state index contributed by atoms with van der Waals surface area (Å²) in [6.45, 7) is 2.05. The Labute approximate surface area is 143 Å². The molecule has 0 saturated carbocycles. The lowest BCUT2D eigenvalue weighted by Crippen LogP contribution is -2.28. The third kappa shape index (κ3) is 4.75. The van der Waals surface area contributed by atoms with Crippen molar-refractivity contribution in [3.8, 4) is 11.5 Å². The molecular formula is C20H25NO3. The molecule has 1 amide bonds. The van der Waals surface area contributed by atoms with Gasteiger partial charge in [-0.1, -0.05) is 43.3 Å². The van der Waals surface area contributed by atoms with Gasteiger partial charge < -0.3 is 14.8 Å². The number of amides is 1. The molecule has 0 aliphatic rings. The van der Waals surface area contributed by atoms with Gasteiger partial charge in [-0.25, -0.2) is 0 Å². The second-order valence-electron chi connectivity index (χ2n) is 5.63. The van der Waals surface area contributed by atoms with Crippen molar-refractivity contribution in [2.45, 2.75) is 32.2 Å². The van der Waals surface area contributed by atoms with Gasteiger partial charge in [-0.05, 0) is 36.1 Å². The van der Waals surface area contributed by atoms with Gasteiger partial charge in [0.25, 0.3) is 0 Å². The Morgan fingerprint density at radius 3 is 2.38 bits per heavy atom. The molecule has 0 spiro atoms. The third-order valence-electron chi connectivity index (χ3n) is 4.04. The molecule has 0 bridgehead atoms. The lowest BCUT2D eigenvalue weighted by molar-refractivity contribution is -0.121. The van der Waals surface area contributed by atoms with Crippen LogP contribution in [-0.4, -0.2) is 20.1 Å². The Morgan fingerprint density at radius 1 is 1.04 bits per heavy atom. The maximum absolute atomic E-state index is 12.3. The molecule has 1 N–H and O–H groups in total. The highest BCUT2D eigenvalue weighted by atomic mass is 16.5. The van der Waals surface area contributed by atoms with Gasteiger partial charge in [-0.15, -0.1) is 0 Å². The number of hydrogen-bond acceptors (Lipinski definition) is 3. The molecule has 0 radical (unpaired) electrons. The number of methoxy groups -OCH3 is 2. The topological polar surface area (TPSA) is 47.6 Å². The van der Waals surface area contributed by atoms with Crippen LogP contribution in [0.25, 0.3) is 0 Å². The van der Waals surface area contributed by atoms with Crippen molar-refractivity contribution in [3.63, 3.8) is 0 Å². The summed E-state index contributed by atoms with van der Waals surface area (Å²) in [5.74, 6) is 1.42. The van der Waals surface area contributed by atoms with Gasteiger partial charge in [0.05, 0.1) is 20.3 Å². The molecule has 2 aromatic rings. The van der Waals surface area contributed by atoms with E-state index in [-0.39, 0.29) is 11.9 Å². The second-order valence-corrected chi connectivity index (χ2v) is 5.63. The van der Waals surface area contributed by atoms with Crippen molar-refractivity contribution >= 4 is 5.91 Å². The fourth-order valence-corrected chi connectivity index (χ4v) is 2.66. The lowest BCUT2D eigenvalue weighted by atomic mass is 10.0. The number of hydrogen-bond donors (Lipinski definition) is 1. The van der Waals surface area contributed by atoms with Crippen LogP contribution in [0.15, 0.2) is 48.5 Å². The molecule has 0 heterocycles. The van der Waals surface area contributed by atoms with Crippen LogP contribution < -0.4 is 14.8 Å². The summed E-state index contributed by atoms with van der Waals surface area (Å²) in [6, 6.07) is 15.8. The zero-order valence-corrected chi connectivity index (χ0v) is 14.5. The molecule has 0 fully saturated rings. The fraction of sp³-hybridized carbons (Fsp3) is 0.350. The summed E-state index contributed by atoms with van der Waals surface area (Å²) in [5.41, 5.74) is 2.19. The van der Waals surface area contributed by atoms with Crippen LogP contribution in [0.2, 0.25) is 0 Å². The first-order chi connectivity index (χ1) is 11.7. The smallest absolute Gasteiger partial charge is 0.220 e. The largest absolute Gasteiger partial charge is 0.493 e. The van der Waals surface area contributed by atoms with Crippen LogP contribution in [0.1, 0.15) is 36.9 Å². The predicted octanol–water partition coefficient (Wildman–Crippen LogP) is 3.90. The minimum atomic E-state index is -0.0342. The Morgan fingerprint density at radius 2 is 1.75 bits per heavy atom. The van der Waals surface area contributed by atoms with Crippen molar-refractivity contribution in [2.75, 3.05) is 14.2 Å². The predicted molar refractivity (Wildman–Crippen MR) is 95.5 cm³/mol. The van der Waals surface area contributed by atoms with Gasteiger partial charge in [-0.2, -0.15) is 0 Å². The summed E-state index contributed by atoms with van der Waals surface area (Å²) < 4.78 is 10.6. The number of carbonyl (C=O) groups excluding carboxylic acids is 1. The minimum Gasteiger partial charge on any atom is -0.493 e. The third-order valence-corrected chi connectivity index (χ3v) is 4.04. The van der Waals surface area contributed by atoms with Crippen LogP contribution in [0.5, 0.6) is 11.5 Å². The number of ether oxygens (including phenoxy) is 2. The molecular weight excluding hydrogens is 302 g/mol. The highest BCUT2D eigenvalue weighted by Gasteiger charge is 2.15. The van der Waals surface area contributed by atoms with Gasteiger partial charge >= 0.3 is 0 Å². The Balaban J connectivity index is 1.99. The summed E-state index contributed by atoms with van der Waals surface area (Å²) in [6.07, 6.45) is 2.04. The first-order valence-corrected chi connectivity index (χ1v) is 8.23. The standard InChI is InChI=1S/C20H25NO3/c1-4-17(16-11-12-18(23-2)19(14-16)24-3)21-20(22)13-10-15-8-6-5-7-9-15/h5-9,11-12,14,17H,4,10,13H2,1-3H3,(H,21,22). The van der Waals surface area contributed by atoms with Gasteiger partial charge in [0.15, 0.2) is 11.5 Å². The van der Waals surface area contributed by atoms with Gasteiger partial charge in [0.2, 0.25) is 5.91 Å². The van der Waals surface area contributed by atoms with Crippen LogP contribution in [0, 0.1) is 0 Å². The number of rotatable bonds is 8.